The highest BCUT2D eigenvalue weighted by molar-refractivity contribution is 6.12. The third-order valence-corrected chi connectivity index (χ3v) is 5.55. The minimum Gasteiger partial charge on any atom is -0.456 e. The van der Waals surface area contributed by atoms with Gasteiger partial charge in [-0.2, -0.15) is 5.26 Å². The van der Waals surface area contributed by atoms with Gasteiger partial charge in [0.05, 0.1) is 11.6 Å². The van der Waals surface area contributed by atoms with Crippen LogP contribution in [0.5, 0.6) is 0 Å². The fraction of sp³-hybridized carbons (Fsp3) is 0. The smallest absolute Gasteiger partial charge is 0.164 e. The molecule has 0 saturated carbocycles. The van der Waals surface area contributed by atoms with E-state index in [9.17, 15) is 5.26 Å². The van der Waals surface area contributed by atoms with Crippen molar-refractivity contribution < 1.29 is 4.42 Å². The molecule has 0 fully saturated rings. The van der Waals surface area contributed by atoms with E-state index in [1.165, 1.54) is 0 Å². The first-order valence-corrected chi connectivity index (χ1v) is 10.5. The van der Waals surface area contributed by atoms with E-state index in [0.717, 1.165) is 33.0 Å². The molecule has 0 spiro atoms. The second-order valence-corrected chi connectivity index (χ2v) is 7.65. The van der Waals surface area contributed by atoms with Crippen molar-refractivity contribution in [2.75, 3.05) is 0 Å². The van der Waals surface area contributed by atoms with Crippen LogP contribution >= 0.6 is 0 Å². The van der Waals surface area contributed by atoms with E-state index in [0.29, 0.717) is 28.6 Å². The van der Waals surface area contributed by atoms with Crippen LogP contribution in [0.15, 0.2) is 101 Å². The molecule has 0 aliphatic heterocycles. The molecule has 5 heteroatoms. The minimum atomic E-state index is 0.486. The highest BCUT2D eigenvalue weighted by Gasteiger charge is 2.18. The number of aromatic nitrogens is 3. The Kier molecular flexibility index (Phi) is 4.41. The third kappa shape index (κ3) is 3.31. The van der Waals surface area contributed by atoms with Gasteiger partial charge in [0.15, 0.2) is 17.5 Å². The minimum absolute atomic E-state index is 0.486. The maximum absolute atomic E-state index is 9.66. The molecule has 0 aliphatic rings. The molecule has 4 aromatic carbocycles. The summed E-state index contributed by atoms with van der Waals surface area (Å²) in [6.45, 7) is 0. The molecule has 6 rings (SSSR count). The molecule has 0 atom stereocenters. The summed E-state index contributed by atoms with van der Waals surface area (Å²) in [5.41, 5.74) is 4.40. The van der Waals surface area contributed by atoms with Crippen LogP contribution in [0.25, 0.3) is 56.1 Å². The molecule has 6 aromatic rings. The SMILES string of the molecule is N#Cc1cc(-c2nc(-c3ccccc3)nc(-c3ccccc3)n2)c2c(c1)oc1ccccc12. The van der Waals surface area contributed by atoms with Crippen molar-refractivity contribution in [3.8, 4) is 40.2 Å². The quantitative estimate of drug-likeness (QED) is 0.318. The summed E-state index contributed by atoms with van der Waals surface area (Å²) in [6.07, 6.45) is 0. The van der Waals surface area contributed by atoms with Crippen molar-refractivity contribution in [1.29, 1.82) is 5.26 Å². The summed E-state index contributed by atoms with van der Waals surface area (Å²) in [5.74, 6) is 1.64. The molecule has 154 valence electrons. The zero-order valence-corrected chi connectivity index (χ0v) is 17.4. The number of rotatable bonds is 3. The number of hydrogen-bond acceptors (Lipinski definition) is 5. The summed E-state index contributed by atoms with van der Waals surface area (Å²) in [7, 11) is 0. The Hall–Kier alpha value is -4.82. The normalized spacial score (nSPS) is 11.0. The van der Waals surface area contributed by atoms with Crippen LogP contribution in [0.2, 0.25) is 0 Å². The zero-order valence-electron chi connectivity index (χ0n) is 17.4. The Morgan fingerprint density at radius 2 is 1.18 bits per heavy atom. The summed E-state index contributed by atoms with van der Waals surface area (Å²) in [6, 6.07) is 33.3. The molecule has 33 heavy (non-hydrogen) atoms. The van der Waals surface area contributed by atoms with Gasteiger partial charge >= 0.3 is 0 Å². The van der Waals surface area contributed by atoms with Crippen molar-refractivity contribution in [2.45, 2.75) is 0 Å². The molecule has 0 aliphatic carbocycles. The molecule has 2 aromatic heterocycles. The predicted molar refractivity (Wildman–Crippen MR) is 128 cm³/mol. The summed E-state index contributed by atoms with van der Waals surface area (Å²) >= 11 is 0. The first kappa shape index (κ1) is 18.9. The van der Waals surface area contributed by atoms with Gasteiger partial charge in [0.2, 0.25) is 0 Å². The van der Waals surface area contributed by atoms with Gasteiger partial charge in [-0.1, -0.05) is 78.9 Å². The predicted octanol–water partition coefficient (Wildman–Crippen LogP) is 6.64. The lowest BCUT2D eigenvalue weighted by Crippen LogP contribution is -2.00. The number of benzene rings is 4. The second-order valence-electron chi connectivity index (χ2n) is 7.65. The van der Waals surface area contributed by atoms with Crippen LogP contribution in [0.1, 0.15) is 5.56 Å². The summed E-state index contributed by atoms with van der Waals surface area (Å²) in [5, 5.41) is 11.5. The average Bonchev–Trinajstić information content (AvgIpc) is 3.27. The number of para-hydroxylation sites is 1. The Bertz CT molecular complexity index is 1610. The molecule has 0 radical (unpaired) electrons. The van der Waals surface area contributed by atoms with E-state index >= 15 is 0 Å². The number of nitrogens with zero attached hydrogens (tertiary/aromatic N) is 4. The zero-order chi connectivity index (χ0) is 22.2. The molecular formula is C28H16N4O. The maximum Gasteiger partial charge on any atom is 0.164 e. The van der Waals surface area contributed by atoms with Crippen LogP contribution in [0.3, 0.4) is 0 Å². The van der Waals surface area contributed by atoms with E-state index < -0.39 is 0 Å². The fourth-order valence-corrected chi connectivity index (χ4v) is 4.02. The molecule has 0 amide bonds. The van der Waals surface area contributed by atoms with Gasteiger partial charge in [-0.05, 0) is 18.2 Å². The standard InChI is InChI=1S/C28H16N4O/c29-17-18-15-22(25-21-13-7-8-14-23(21)33-24(25)16-18)28-31-26(19-9-3-1-4-10-19)30-27(32-28)20-11-5-2-6-12-20/h1-16H. The summed E-state index contributed by atoms with van der Waals surface area (Å²) < 4.78 is 6.06. The molecule has 0 saturated heterocycles. The monoisotopic (exact) mass is 424 g/mol. The van der Waals surface area contributed by atoms with Crippen LogP contribution in [0, 0.1) is 11.3 Å². The average molecular weight is 424 g/mol. The number of fused-ring (bicyclic) bond motifs is 3. The number of nitriles is 1. The molecule has 0 unspecified atom stereocenters. The lowest BCUT2D eigenvalue weighted by molar-refractivity contribution is 0.669. The van der Waals surface area contributed by atoms with E-state index in [2.05, 4.69) is 6.07 Å². The molecule has 0 N–H and O–H groups in total. The van der Waals surface area contributed by atoms with Gasteiger partial charge < -0.3 is 4.42 Å². The first-order valence-electron chi connectivity index (χ1n) is 10.5. The lowest BCUT2D eigenvalue weighted by Gasteiger charge is -2.09. The topological polar surface area (TPSA) is 75.6 Å². The number of furan rings is 1. The molecular weight excluding hydrogens is 408 g/mol. The van der Waals surface area contributed by atoms with E-state index in [1.54, 1.807) is 6.07 Å². The van der Waals surface area contributed by atoms with Crippen LogP contribution < -0.4 is 0 Å². The first-order chi connectivity index (χ1) is 16.3. The van der Waals surface area contributed by atoms with E-state index in [4.69, 9.17) is 19.4 Å². The maximum atomic E-state index is 9.66. The van der Waals surface area contributed by atoms with Crippen LogP contribution in [-0.4, -0.2) is 15.0 Å². The second kappa shape index (κ2) is 7.70. The van der Waals surface area contributed by atoms with Gasteiger partial charge in [-0.3, -0.25) is 0 Å². The van der Waals surface area contributed by atoms with Gasteiger partial charge in [0, 0.05) is 27.5 Å². The molecule has 2 heterocycles. The Morgan fingerprint density at radius 1 is 0.606 bits per heavy atom. The van der Waals surface area contributed by atoms with Gasteiger partial charge in [0.25, 0.3) is 0 Å². The number of hydrogen-bond donors (Lipinski definition) is 0. The van der Waals surface area contributed by atoms with Crippen LogP contribution in [-0.2, 0) is 0 Å². The Balaban J connectivity index is 1.69. The van der Waals surface area contributed by atoms with E-state index in [-0.39, 0.29) is 0 Å². The van der Waals surface area contributed by atoms with Gasteiger partial charge in [-0.15, -0.1) is 0 Å². The summed E-state index contributed by atoms with van der Waals surface area (Å²) in [4.78, 5) is 14.4. The van der Waals surface area contributed by atoms with Crippen LogP contribution in [0.4, 0.5) is 0 Å². The van der Waals surface area contributed by atoms with Crippen molar-refractivity contribution in [3.63, 3.8) is 0 Å². The molecule has 0 bridgehead atoms. The highest BCUT2D eigenvalue weighted by atomic mass is 16.3. The third-order valence-electron chi connectivity index (χ3n) is 5.55. The van der Waals surface area contributed by atoms with Gasteiger partial charge in [-0.25, -0.2) is 15.0 Å². The Labute approximate surface area is 189 Å². The van der Waals surface area contributed by atoms with Crippen molar-refractivity contribution >= 4 is 21.9 Å². The van der Waals surface area contributed by atoms with Crippen molar-refractivity contribution in [1.82, 2.24) is 15.0 Å². The van der Waals surface area contributed by atoms with Crippen molar-refractivity contribution in [3.05, 3.63) is 103 Å². The van der Waals surface area contributed by atoms with E-state index in [1.807, 2.05) is 91.0 Å². The largest absolute Gasteiger partial charge is 0.456 e. The van der Waals surface area contributed by atoms with Crippen molar-refractivity contribution in [2.24, 2.45) is 0 Å². The Morgan fingerprint density at radius 3 is 1.82 bits per heavy atom. The fourth-order valence-electron chi connectivity index (χ4n) is 4.02. The molecule has 5 nitrogen and oxygen atoms in total. The highest BCUT2D eigenvalue weighted by Crippen LogP contribution is 2.37. The van der Waals surface area contributed by atoms with Gasteiger partial charge in [0.1, 0.15) is 11.2 Å². The lowest BCUT2D eigenvalue weighted by atomic mass is 10.0.